The molecule has 1 aromatic carbocycles. The summed E-state index contributed by atoms with van der Waals surface area (Å²) < 4.78 is 28.9. The molecule has 3 nitrogen and oxygen atoms in total. The van der Waals surface area contributed by atoms with Crippen LogP contribution in [0.2, 0.25) is 0 Å². The Hall–Kier alpha value is -1.29. The van der Waals surface area contributed by atoms with Gasteiger partial charge < -0.3 is 4.74 Å². The molecule has 0 saturated carbocycles. The van der Waals surface area contributed by atoms with Gasteiger partial charge in [0.05, 0.1) is 11.5 Å². The maximum atomic E-state index is 11.6. The second-order valence-corrected chi connectivity index (χ2v) is 6.97. The molecule has 0 unspecified atom stereocenters. The molecule has 0 aliphatic carbocycles. The fourth-order valence-corrected chi connectivity index (χ4v) is 3.50. The second-order valence-electron chi connectivity index (χ2n) is 5.16. The summed E-state index contributed by atoms with van der Waals surface area (Å²) in [5, 5.41) is 1.25. The number of unbranched alkanes of at least 4 members (excludes halogenated alkanes) is 5. The lowest BCUT2D eigenvalue weighted by Gasteiger charge is -2.07. The standard InChI is InChI=1S/C16H22O3S/c1-2-3-4-5-6-7-11-19-15-8-9-16-14(13-15)10-12-20(16,17)18/h8-10,12-13H,2-7,11H2,1H3. The highest BCUT2D eigenvalue weighted by molar-refractivity contribution is 7.94. The fraction of sp³-hybridized carbons (Fsp3) is 0.500. The SMILES string of the molecule is CCCCCCCCOc1ccc2c(c1)C=CS2(=O)=O. The molecule has 0 radical (unpaired) electrons. The molecular formula is C16H22O3S. The molecule has 0 N–H and O–H groups in total. The third kappa shape index (κ3) is 3.85. The van der Waals surface area contributed by atoms with E-state index in [9.17, 15) is 8.42 Å². The molecule has 2 rings (SSSR count). The Kier molecular flexibility index (Phi) is 5.24. The van der Waals surface area contributed by atoms with Crippen LogP contribution < -0.4 is 4.74 Å². The van der Waals surface area contributed by atoms with Crippen molar-refractivity contribution in [2.24, 2.45) is 0 Å². The fourth-order valence-electron chi connectivity index (χ4n) is 2.31. The maximum Gasteiger partial charge on any atom is 0.200 e. The smallest absolute Gasteiger partial charge is 0.200 e. The van der Waals surface area contributed by atoms with Crippen LogP contribution in [0.3, 0.4) is 0 Å². The number of rotatable bonds is 8. The molecule has 1 heterocycles. The first-order chi connectivity index (χ1) is 9.63. The Labute approximate surface area is 121 Å². The molecule has 0 aromatic heterocycles. The predicted octanol–water partition coefficient (Wildman–Crippen LogP) is 4.18. The summed E-state index contributed by atoms with van der Waals surface area (Å²) in [5.74, 6) is 0.749. The van der Waals surface area contributed by atoms with Gasteiger partial charge in [-0.05, 0) is 36.3 Å². The van der Waals surface area contributed by atoms with E-state index in [1.165, 1.54) is 37.5 Å². The molecule has 0 saturated heterocycles. The topological polar surface area (TPSA) is 43.4 Å². The van der Waals surface area contributed by atoms with Gasteiger partial charge in [-0.2, -0.15) is 0 Å². The number of sulfone groups is 1. The van der Waals surface area contributed by atoms with Crippen LogP contribution in [0.15, 0.2) is 28.5 Å². The van der Waals surface area contributed by atoms with E-state index in [0.29, 0.717) is 11.5 Å². The van der Waals surface area contributed by atoms with Gasteiger partial charge in [-0.25, -0.2) is 8.42 Å². The summed E-state index contributed by atoms with van der Waals surface area (Å²) in [6.07, 6.45) is 9.02. The Morgan fingerprint density at radius 1 is 1.05 bits per heavy atom. The second kappa shape index (κ2) is 6.93. The lowest BCUT2D eigenvalue weighted by Crippen LogP contribution is -1.99. The van der Waals surface area contributed by atoms with E-state index in [0.717, 1.165) is 17.7 Å². The first-order valence-corrected chi connectivity index (χ1v) is 8.88. The average molecular weight is 294 g/mol. The maximum absolute atomic E-state index is 11.6. The van der Waals surface area contributed by atoms with E-state index in [-0.39, 0.29) is 0 Å². The molecule has 0 amide bonds. The van der Waals surface area contributed by atoms with Crippen LogP contribution in [0.4, 0.5) is 0 Å². The molecule has 4 heteroatoms. The minimum absolute atomic E-state index is 0.379. The largest absolute Gasteiger partial charge is 0.494 e. The summed E-state index contributed by atoms with van der Waals surface area (Å²) >= 11 is 0. The molecule has 0 spiro atoms. The third-order valence-corrected chi connectivity index (χ3v) is 4.96. The summed E-state index contributed by atoms with van der Waals surface area (Å²) in [6.45, 7) is 2.91. The van der Waals surface area contributed by atoms with Crippen molar-refractivity contribution in [2.45, 2.75) is 50.3 Å². The van der Waals surface area contributed by atoms with Gasteiger partial charge in [-0.15, -0.1) is 0 Å². The monoisotopic (exact) mass is 294 g/mol. The third-order valence-electron chi connectivity index (χ3n) is 3.48. The minimum atomic E-state index is -3.20. The quantitative estimate of drug-likeness (QED) is 0.675. The van der Waals surface area contributed by atoms with Crippen molar-refractivity contribution >= 4 is 15.9 Å². The predicted molar refractivity (Wildman–Crippen MR) is 81.5 cm³/mol. The Balaban J connectivity index is 1.77. The zero-order valence-corrected chi connectivity index (χ0v) is 12.8. The van der Waals surface area contributed by atoms with Crippen LogP contribution in [-0.2, 0) is 9.84 Å². The van der Waals surface area contributed by atoms with Gasteiger partial charge in [-0.3, -0.25) is 0 Å². The lowest BCUT2D eigenvalue weighted by atomic mass is 10.1. The van der Waals surface area contributed by atoms with Crippen LogP contribution >= 0.6 is 0 Å². The van der Waals surface area contributed by atoms with Gasteiger partial charge in [0.25, 0.3) is 0 Å². The number of hydrogen-bond acceptors (Lipinski definition) is 3. The lowest BCUT2D eigenvalue weighted by molar-refractivity contribution is 0.304. The van der Waals surface area contributed by atoms with Crippen molar-refractivity contribution < 1.29 is 13.2 Å². The van der Waals surface area contributed by atoms with Crippen LogP contribution in [-0.4, -0.2) is 15.0 Å². The van der Waals surface area contributed by atoms with Crippen LogP contribution in [0.5, 0.6) is 5.75 Å². The van der Waals surface area contributed by atoms with Crippen LogP contribution in [0.1, 0.15) is 51.0 Å². The van der Waals surface area contributed by atoms with Gasteiger partial charge in [0.2, 0.25) is 0 Å². The molecule has 110 valence electrons. The zero-order valence-electron chi connectivity index (χ0n) is 12.0. The van der Waals surface area contributed by atoms with Gasteiger partial charge in [0, 0.05) is 5.41 Å². The highest BCUT2D eigenvalue weighted by Crippen LogP contribution is 2.29. The highest BCUT2D eigenvalue weighted by atomic mass is 32.2. The first kappa shape index (κ1) is 15.1. The number of benzene rings is 1. The summed E-state index contributed by atoms with van der Waals surface area (Å²) in [5.41, 5.74) is 0.727. The summed E-state index contributed by atoms with van der Waals surface area (Å²) in [4.78, 5) is 0.379. The Morgan fingerprint density at radius 3 is 2.60 bits per heavy atom. The summed E-state index contributed by atoms with van der Waals surface area (Å²) in [7, 11) is -3.20. The first-order valence-electron chi connectivity index (χ1n) is 7.33. The van der Waals surface area contributed by atoms with Crippen molar-refractivity contribution in [1.82, 2.24) is 0 Å². The van der Waals surface area contributed by atoms with Crippen LogP contribution in [0.25, 0.3) is 6.08 Å². The van der Waals surface area contributed by atoms with E-state index in [1.54, 1.807) is 24.3 Å². The molecule has 1 aliphatic rings. The molecule has 1 aromatic rings. The summed E-state index contributed by atoms with van der Waals surface area (Å²) in [6, 6.07) is 5.16. The minimum Gasteiger partial charge on any atom is -0.494 e. The number of ether oxygens (including phenoxy) is 1. The normalized spacial score (nSPS) is 15.2. The van der Waals surface area contributed by atoms with Crippen molar-refractivity contribution in [2.75, 3.05) is 6.61 Å². The Bertz CT molecular complexity index is 573. The molecule has 1 aliphatic heterocycles. The molecule has 20 heavy (non-hydrogen) atoms. The van der Waals surface area contributed by atoms with Crippen molar-refractivity contribution in [3.05, 3.63) is 29.2 Å². The van der Waals surface area contributed by atoms with Crippen LogP contribution in [0, 0.1) is 0 Å². The van der Waals surface area contributed by atoms with Crippen molar-refractivity contribution in [1.29, 1.82) is 0 Å². The van der Waals surface area contributed by atoms with Gasteiger partial charge >= 0.3 is 0 Å². The van der Waals surface area contributed by atoms with E-state index >= 15 is 0 Å². The van der Waals surface area contributed by atoms with E-state index in [2.05, 4.69) is 6.92 Å². The van der Waals surface area contributed by atoms with E-state index in [1.807, 2.05) is 0 Å². The molecule has 0 bridgehead atoms. The van der Waals surface area contributed by atoms with Crippen molar-refractivity contribution in [3.8, 4) is 5.75 Å². The average Bonchev–Trinajstić information content (AvgIpc) is 2.73. The van der Waals surface area contributed by atoms with Gasteiger partial charge in [-0.1, -0.05) is 39.0 Å². The van der Waals surface area contributed by atoms with Crippen molar-refractivity contribution in [3.63, 3.8) is 0 Å². The van der Waals surface area contributed by atoms with Gasteiger partial charge in [0.15, 0.2) is 9.84 Å². The number of fused-ring (bicyclic) bond motifs is 1. The molecular weight excluding hydrogens is 272 g/mol. The molecule has 0 atom stereocenters. The highest BCUT2D eigenvalue weighted by Gasteiger charge is 2.20. The molecule has 0 fully saturated rings. The Morgan fingerprint density at radius 2 is 1.80 bits per heavy atom. The van der Waals surface area contributed by atoms with E-state index in [4.69, 9.17) is 4.74 Å². The number of hydrogen-bond donors (Lipinski definition) is 0. The zero-order chi connectivity index (χ0) is 14.4. The van der Waals surface area contributed by atoms with Gasteiger partial charge in [0.1, 0.15) is 5.75 Å². The van der Waals surface area contributed by atoms with E-state index < -0.39 is 9.84 Å².